The Kier molecular flexibility index (Phi) is 5.15. The Hall–Kier alpha value is -2.48. The molecule has 0 bridgehead atoms. The molecule has 2 aromatic rings. The van der Waals surface area contributed by atoms with Crippen LogP contribution >= 0.6 is 0 Å². The van der Waals surface area contributed by atoms with Gasteiger partial charge in [0.2, 0.25) is 5.95 Å². The molecule has 1 N–H and O–H groups in total. The first kappa shape index (κ1) is 15.4. The van der Waals surface area contributed by atoms with E-state index in [4.69, 9.17) is 0 Å². The second-order valence-corrected chi connectivity index (χ2v) is 5.95. The maximum Gasteiger partial charge on any atom is 0.223 e. The van der Waals surface area contributed by atoms with Crippen molar-refractivity contribution in [2.45, 2.75) is 50.5 Å². The van der Waals surface area contributed by atoms with E-state index in [1.165, 1.54) is 25.7 Å². The van der Waals surface area contributed by atoms with Crippen LogP contribution < -0.4 is 5.32 Å². The molecule has 1 fully saturated rings. The van der Waals surface area contributed by atoms with Crippen molar-refractivity contribution < 1.29 is 0 Å². The van der Waals surface area contributed by atoms with Crippen LogP contribution in [0.25, 0.3) is 0 Å². The number of hydrogen-bond donors (Lipinski definition) is 1. The summed E-state index contributed by atoms with van der Waals surface area (Å²) in [7, 11) is 0. The molecule has 0 spiro atoms. The van der Waals surface area contributed by atoms with Gasteiger partial charge >= 0.3 is 0 Å². The molecule has 1 aliphatic carbocycles. The third-order valence-electron chi connectivity index (χ3n) is 4.27. The highest BCUT2D eigenvalue weighted by Crippen LogP contribution is 2.23. The van der Waals surface area contributed by atoms with Crippen LogP contribution in [0.3, 0.4) is 0 Å². The van der Waals surface area contributed by atoms with E-state index in [9.17, 15) is 5.26 Å². The Bertz CT molecular complexity index is 657. The molecule has 1 saturated carbocycles. The molecule has 0 saturated heterocycles. The predicted molar refractivity (Wildman–Crippen MR) is 88.8 cm³/mol. The average molecular weight is 307 g/mol. The van der Waals surface area contributed by atoms with Gasteiger partial charge in [0.05, 0.1) is 17.5 Å². The van der Waals surface area contributed by atoms with E-state index >= 15 is 0 Å². The molecule has 5 heteroatoms. The lowest BCUT2D eigenvalue weighted by molar-refractivity contribution is 0.614. The fourth-order valence-electron chi connectivity index (χ4n) is 3.04. The third-order valence-corrected chi connectivity index (χ3v) is 4.27. The van der Waals surface area contributed by atoms with Gasteiger partial charge in [-0.3, -0.25) is 4.98 Å². The van der Waals surface area contributed by atoms with Gasteiger partial charge in [0.25, 0.3) is 0 Å². The number of rotatable bonds is 4. The first-order chi connectivity index (χ1) is 11.4. The monoisotopic (exact) mass is 307 g/mol. The minimum absolute atomic E-state index is 0.433. The van der Waals surface area contributed by atoms with Crippen molar-refractivity contribution in [1.29, 1.82) is 5.26 Å². The van der Waals surface area contributed by atoms with Crippen molar-refractivity contribution in [2.75, 3.05) is 5.32 Å². The van der Waals surface area contributed by atoms with Crippen LogP contribution in [0.4, 0.5) is 5.95 Å². The van der Waals surface area contributed by atoms with Crippen molar-refractivity contribution in [1.82, 2.24) is 15.0 Å². The summed E-state index contributed by atoms with van der Waals surface area (Å²) < 4.78 is 0. The molecular weight excluding hydrogens is 286 g/mol. The fraction of sp³-hybridized carbons (Fsp3) is 0.444. The molecule has 1 atom stereocenters. The Labute approximate surface area is 136 Å². The van der Waals surface area contributed by atoms with Crippen LogP contribution in [0.1, 0.15) is 55.8 Å². The smallest absolute Gasteiger partial charge is 0.223 e. The number of nitrogens with zero attached hydrogens (tertiary/aromatic N) is 4. The lowest BCUT2D eigenvalue weighted by Gasteiger charge is -2.17. The minimum Gasteiger partial charge on any atom is -0.351 e. The molecule has 23 heavy (non-hydrogen) atoms. The summed E-state index contributed by atoms with van der Waals surface area (Å²) in [5.74, 6) is 0.152. The fourth-order valence-corrected chi connectivity index (χ4v) is 3.04. The number of nitriles is 1. The van der Waals surface area contributed by atoms with Gasteiger partial charge in [-0.15, -0.1) is 0 Å². The normalized spacial score (nSPS) is 17.0. The van der Waals surface area contributed by atoms with Crippen LogP contribution in [0, 0.1) is 11.3 Å². The van der Waals surface area contributed by atoms with Crippen molar-refractivity contribution in [3.05, 3.63) is 48.0 Å². The second kappa shape index (κ2) is 7.68. The summed E-state index contributed by atoms with van der Waals surface area (Å²) in [6.45, 7) is 0. The van der Waals surface area contributed by atoms with Gasteiger partial charge in [0, 0.05) is 18.4 Å². The van der Waals surface area contributed by atoms with Crippen molar-refractivity contribution in [3.63, 3.8) is 0 Å². The molecule has 0 amide bonds. The Morgan fingerprint density at radius 2 is 1.83 bits per heavy atom. The predicted octanol–water partition coefficient (Wildman–Crippen LogP) is 3.66. The summed E-state index contributed by atoms with van der Waals surface area (Å²) in [6.07, 6.45) is 10.9. The first-order valence-electron chi connectivity index (χ1n) is 8.27. The van der Waals surface area contributed by atoms with Crippen molar-refractivity contribution >= 4 is 5.95 Å². The van der Waals surface area contributed by atoms with E-state index in [2.05, 4.69) is 26.3 Å². The zero-order valence-electron chi connectivity index (χ0n) is 13.2. The molecule has 3 rings (SSSR count). The van der Waals surface area contributed by atoms with Crippen LogP contribution in [-0.2, 0) is 0 Å². The summed E-state index contributed by atoms with van der Waals surface area (Å²) in [4.78, 5) is 13.2. The molecule has 1 unspecified atom stereocenters. The molecule has 5 nitrogen and oxygen atoms in total. The van der Waals surface area contributed by atoms with E-state index in [1.54, 1.807) is 18.5 Å². The number of anilines is 1. The SMILES string of the molecule is N#CC(c1ccccn1)c1ccnc(NC2CCCCCC2)n1. The Morgan fingerprint density at radius 1 is 1.00 bits per heavy atom. The lowest BCUT2D eigenvalue weighted by atomic mass is 10.0. The summed E-state index contributed by atoms with van der Waals surface area (Å²) in [6, 6.07) is 10.1. The maximum absolute atomic E-state index is 9.51. The van der Waals surface area contributed by atoms with Crippen LogP contribution in [0.2, 0.25) is 0 Å². The summed E-state index contributed by atoms with van der Waals surface area (Å²) in [5, 5.41) is 13.0. The molecule has 2 heterocycles. The van der Waals surface area contributed by atoms with E-state index in [-0.39, 0.29) is 0 Å². The van der Waals surface area contributed by atoms with E-state index in [0.717, 1.165) is 12.8 Å². The van der Waals surface area contributed by atoms with Gasteiger partial charge in [-0.25, -0.2) is 9.97 Å². The van der Waals surface area contributed by atoms with Gasteiger partial charge < -0.3 is 5.32 Å². The van der Waals surface area contributed by atoms with Crippen molar-refractivity contribution in [3.8, 4) is 6.07 Å². The van der Waals surface area contributed by atoms with Gasteiger partial charge in [-0.2, -0.15) is 5.26 Å². The second-order valence-electron chi connectivity index (χ2n) is 5.95. The lowest BCUT2D eigenvalue weighted by Crippen LogP contribution is -2.20. The zero-order valence-corrected chi connectivity index (χ0v) is 13.2. The molecule has 0 radical (unpaired) electrons. The number of pyridine rings is 1. The highest BCUT2D eigenvalue weighted by molar-refractivity contribution is 5.34. The summed E-state index contributed by atoms with van der Waals surface area (Å²) in [5.41, 5.74) is 1.41. The highest BCUT2D eigenvalue weighted by atomic mass is 15.1. The van der Waals surface area contributed by atoms with Gasteiger partial charge in [0.15, 0.2) is 0 Å². The number of aromatic nitrogens is 3. The Balaban J connectivity index is 1.77. The topological polar surface area (TPSA) is 74.5 Å². The minimum atomic E-state index is -0.464. The highest BCUT2D eigenvalue weighted by Gasteiger charge is 2.18. The number of hydrogen-bond acceptors (Lipinski definition) is 5. The van der Waals surface area contributed by atoms with Gasteiger partial charge in [0.1, 0.15) is 5.92 Å². The standard InChI is InChI=1S/C18H21N5/c19-13-15(16-9-5-6-11-20-16)17-10-12-21-18(23-17)22-14-7-3-1-2-4-8-14/h5-6,9-12,14-15H,1-4,7-8H2,(H,21,22,23). The van der Waals surface area contributed by atoms with Crippen LogP contribution in [0.5, 0.6) is 0 Å². The number of nitrogens with one attached hydrogen (secondary N) is 1. The molecule has 1 aliphatic rings. The molecule has 2 aromatic heterocycles. The Morgan fingerprint density at radius 3 is 2.52 bits per heavy atom. The third kappa shape index (κ3) is 4.04. The van der Waals surface area contributed by atoms with Gasteiger partial charge in [-0.1, -0.05) is 31.7 Å². The quantitative estimate of drug-likeness (QED) is 0.872. The maximum atomic E-state index is 9.51. The molecular formula is C18H21N5. The van der Waals surface area contributed by atoms with E-state index in [0.29, 0.717) is 23.4 Å². The molecule has 0 aliphatic heterocycles. The molecule has 118 valence electrons. The van der Waals surface area contributed by atoms with Crippen LogP contribution in [0.15, 0.2) is 36.7 Å². The van der Waals surface area contributed by atoms with Crippen LogP contribution in [-0.4, -0.2) is 21.0 Å². The van der Waals surface area contributed by atoms with E-state index in [1.807, 2.05) is 18.2 Å². The molecule has 0 aromatic carbocycles. The van der Waals surface area contributed by atoms with Crippen molar-refractivity contribution in [2.24, 2.45) is 0 Å². The van der Waals surface area contributed by atoms with Gasteiger partial charge in [-0.05, 0) is 31.0 Å². The first-order valence-corrected chi connectivity index (χ1v) is 8.27. The average Bonchev–Trinajstić information content (AvgIpc) is 2.86. The summed E-state index contributed by atoms with van der Waals surface area (Å²) >= 11 is 0. The zero-order chi connectivity index (χ0) is 15.9. The van der Waals surface area contributed by atoms with E-state index < -0.39 is 5.92 Å². The largest absolute Gasteiger partial charge is 0.351 e.